The molecule has 0 aromatic carbocycles. The van der Waals surface area contributed by atoms with E-state index in [9.17, 15) is 9.59 Å². The zero-order valence-corrected chi connectivity index (χ0v) is 10.6. The van der Waals surface area contributed by atoms with Gasteiger partial charge in [-0.2, -0.15) is 0 Å². The van der Waals surface area contributed by atoms with Crippen LogP contribution in [-0.4, -0.2) is 11.9 Å². The molecule has 1 heterocycles. The first-order valence-corrected chi connectivity index (χ1v) is 6.92. The van der Waals surface area contributed by atoms with Crippen molar-refractivity contribution in [3.8, 4) is 0 Å². The van der Waals surface area contributed by atoms with Gasteiger partial charge >= 0.3 is 11.9 Å². The van der Waals surface area contributed by atoms with E-state index in [1.54, 1.807) is 0 Å². The Hall–Kier alpha value is -0.860. The zero-order chi connectivity index (χ0) is 12.3. The van der Waals surface area contributed by atoms with Gasteiger partial charge in [0, 0.05) is 12.8 Å². The van der Waals surface area contributed by atoms with E-state index in [-0.39, 0.29) is 17.9 Å². The fourth-order valence-corrected chi connectivity index (χ4v) is 3.40. The maximum absolute atomic E-state index is 11.3. The van der Waals surface area contributed by atoms with Gasteiger partial charge in [-0.1, -0.05) is 32.6 Å². The van der Waals surface area contributed by atoms with Crippen molar-refractivity contribution in [2.45, 2.75) is 58.3 Å². The lowest BCUT2D eigenvalue weighted by atomic mass is 9.72. The van der Waals surface area contributed by atoms with Crippen LogP contribution >= 0.6 is 0 Å². The molecule has 1 aliphatic carbocycles. The molecule has 96 valence electrons. The lowest BCUT2D eigenvalue weighted by Crippen LogP contribution is -2.32. The molecule has 0 amide bonds. The summed E-state index contributed by atoms with van der Waals surface area (Å²) in [4.78, 5) is 22.5. The highest BCUT2D eigenvalue weighted by atomic mass is 16.6. The molecule has 1 saturated carbocycles. The second-order valence-corrected chi connectivity index (χ2v) is 5.58. The molecule has 2 aliphatic rings. The summed E-state index contributed by atoms with van der Waals surface area (Å²) in [5.74, 6) is 1.07. The van der Waals surface area contributed by atoms with Gasteiger partial charge < -0.3 is 4.74 Å². The third-order valence-electron chi connectivity index (χ3n) is 4.34. The van der Waals surface area contributed by atoms with Crippen LogP contribution in [0.25, 0.3) is 0 Å². The van der Waals surface area contributed by atoms with Crippen LogP contribution < -0.4 is 0 Å². The maximum Gasteiger partial charge on any atom is 0.313 e. The number of esters is 2. The number of hydrogen-bond acceptors (Lipinski definition) is 3. The molecular weight excluding hydrogens is 216 g/mol. The first-order chi connectivity index (χ1) is 8.19. The predicted molar refractivity (Wildman–Crippen MR) is 64.2 cm³/mol. The Morgan fingerprint density at radius 3 is 2.12 bits per heavy atom. The number of cyclic esters (lactones) is 2. The molecule has 3 nitrogen and oxygen atoms in total. The number of rotatable bonds is 3. The van der Waals surface area contributed by atoms with Crippen LogP contribution in [0.5, 0.6) is 0 Å². The summed E-state index contributed by atoms with van der Waals surface area (Å²) in [5.41, 5.74) is 0. The van der Waals surface area contributed by atoms with Crippen molar-refractivity contribution in [3.63, 3.8) is 0 Å². The lowest BCUT2D eigenvalue weighted by Gasteiger charge is -2.34. The Bertz CT molecular complexity index is 274. The van der Waals surface area contributed by atoms with Gasteiger partial charge in [-0.3, -0.25) is 9.59 Å². The summed E-state index contributed by atoms with van der Waals surface area (Å²) < 4.78 is 4.59. The second-order valence-electron chi connectivity index (χ2n) is 5.58. The summed E-state index contributed by atoms with van der Waals surface area (Å²) in [6, 6.07) is 0. The summed E-state index contributed by atoms with van der Waals surface area (Å²) in [6.07, 6.45) is 8.44. The van der Waals surface area contributed by atoms with Crippen LogP contribution in [0.3, 0.4) is 0 Å². The molecule has 1 aliphatic heterocycles. The molecule has 2 rings (SSSR count). The van der Waals surface area contributed by atoms with Gasteiger partial charge in [-0.15, -0.1) is 0 Å². The van der Waals surface area contributed by atoms with Crippen LogP contribution in [0.1, 0.15) is 58.3 Å². The van der Waals surface area contributed by atoms with Gasteiger partial charge in [0.25, 0.3) is 0 Å². The number of carbonyl (C=O) groups is 2. The van der Waals surface area contributed by atoms with Gasteiger partial charge in [-0.05, 0) is 30.6 Å². The standard InChI is InChI=1S/C14H22O3/c1-2-3-10-4-6-11(7-5-10)12-8-13(15)17-14(16)9-12/h10-12H,2-9H2,1H3/t10-,11-. The van der Waals surface area contributed by atoms with E-state index < -0.39 is 0 Å². The minimum atomic E-state index is -0.318. The molecule has 0 aromatic heterocycles. The van der Waals surface area contributed by atoms with Crippen molar-refractivity contribution in [2.75, 3.05) is 0 Å². The average Bonchev–Trinajstić information content (AvgIpc) is 2.29. The topological polar surface area (TPSA) is 43.4 Å². The van der Waals surface area contributed by atoms with Gasteiger partial charge in [0.15, 0.2) is 0 Å². The molecule has 0 aromatic rings. The highest BCUT2D eigenvalue weighted by Crippen LogP contribution is 2.39. The maximum atomic E-state index is 11.3. The van der Waals surface area contributed by atoms with Crippen LogP contribution in [-0.2, 0) is 14.3 Å². The Balaban J connectivity index is 1.83. The van der Waals surface area contributed by atoms with E-state index in [1.807, 2.05) is 0 Å². The Labute approximate surface area is 103 Å². The molecule has 0 N–H and O–H groups in total. The van der Waals surface area contributed by atoms with E-state index in [4.69, 9.17) is 0 Å². The van der Waals surface area contributed by atoms with Gasteiger partial charge in [0.1, 0.15) is 0 Å². The van der Waals surface area contributed by atoms with Crippen molar-refractivity contribution in [3.05, 3.63) is 0 Å². The van der Waals surface area contributed by atoms with E-state index >= 15 is 0 Å². The van der Waals surface area contributed by atoms with Crippen molar-refractivity contribution in [1.29, 1.82) is 0 Å². The normalized spacial score (nSPS) is 31.4. The first-order valence-electron chi connectivity index (χ1n) is 6.92. The predicted octanol–water partition coefficient (Wildman–Crippen LogP) is 3.07. The van der Waals surface area contributed by atoms with Gasteiger partial charge in [0.05, 0.1) is 0 Å². The van der Waals surface area contributed by atoms with Crippen molar-refractivity contribution in [1.82, 2.24) is 0 Å². The highest BCUT2D eigenvalue weighted by Gasteiger charge is 2.34. The zero-order valence-electron chi connectivity index (χ0n) is 10.6. The Morgan fingerprint density at radius 2 is 1.59 bits per heavy atom. The average molecular weight is 238 g/mol. The summed E-state index contributed by atoms with van der Waals surface area (Å²) in [7, 11) is 0. The highest BCUT2D eigenvalue weighted by molar-refractivity contribution is 5.88. The third-order valence-corrected chi connectivity index (χ3v) is 4.34. The number of hydrogen-bond donors (Lipinski definition) is 0. The van der Waals surface area contributed by atoms with Crippen LogP contribution in [0, 0.1) is 17.8 Å². The summed E-state index contributed by atoms with van der Waals surface area (Å²) >= 11 is 0. The van der Waals surface area contributed by atoms with Crippen LogP contribution in [0.4, 0.5) is 0 Å². The van der Waals surface area contributed by atoms with Gasteiger partial charge in [0.2, 0.25) is 0 Å². The van der Waals surface area contributed by atoms with E-state index in [0.29, 0.717) is 18.8 Å². The molecular formula is C14H22O3. The lowest BCUT2D eigenvalue weighted by molar-refractivity contribution is -0.166. The fourth-order valence-electron chi connectivity index (χ4n) is 3.40. The minimum Gasteiger partial charge on any atom is -0.393 e. The van der Waals surface area contributed by atoms with Crippen LogP contribution in [0.2, 0.25) is 0 Å². The van der Waals surface area contributed by atoms with E-state index in [1.165, 1.54) is 38.5 Å². The molecule has 0 unspecified atom stereocenters. The molecule has 17 heavy (non-hydrogen) atoms. The minimum absolute atomic E-state index is 0.256. The first kappa shape index (κ1) is 12.6. The van der Waals surface area contributed by atoms with Gasteiger partial charge in [-0.25, -0.2) is 0 Å². The molecule has 0 radical (unpaired) electrons. The third kappa shape index (κ3) is 3.30. The summed E-state index contributed by atoms with van der Waals surface area (Å²) in [5, 5.41) is 0. The molecule has 0 atom stereocenters. The molecule has 1 saturated heterocycles. The van der Waals surface area contributed by atoms with Crippen molar-refractivity contribution < 1.29 is 14.3 Å². The summed E-state index contributed by atoms with van der Waals surface area (Å²) in [6.45, 7) is 2.24. The van der Waals surface area contributed by atoms with Crippen molar-refractivity contribution >= 4 is 11.9 Å². The number of carbonyl (C=O) groups excluding carboxylic acids is 2. The van der Waals surface area contributed by atoms with E-state index in [2.05, 4.69) is 11.7 Å². The second kappa shape index (κ2) is 5.65. The molecule has 0 spiro atoms. The SMILES string of the molecule is CCC[C@H]1CC[C@H](C2CC(=O)OC(=O)C2)CC1. The Morgan fingerprint density at radius 1 is 1.00 bits per heavy atom. The van der Waals surface area contributed by atoms with Crippen molar-refractivity contribution in [2.24, 2.45) is 17.8 Å². The quantitative estimate of drug-likeness (QED) is 0.560. The van der Waals surface area contributed by atoms with Crippen LogP contribution in [0.15, 0.2) is 0 Å². The smallest absolute Gasteiger partial charge is 0.313 e. The number of ether oxygens (including phenoxy) is 1. The molecule has 2 fully saturated rings. The van der Waals surface area contributed by atoms with E-state index in [0.717, 1.165) is 5.92 Å². The largest absolute Gasteiger partial charge is 0.393 e. The monoisotopic (exact) mass is 238 g/mol. The molecule has 0 bridgehead atoms. The Kier molecular flexibility index (Phi) is 4.19. The fraction of sp³-hybridized carbons (Fsp3) is 0.857. The molecule has 3 heteroatoms.